The van der Waals surface area contributed by atoms with E-state index in [1.807, 2.05) is 0 Å². The van der Waals surface area contributed by atoms with E-state index in [0.29, 0.717) is 0 Å². The van der Waals surface area contributed by atoms with Crippen molar-refractivity contribution in [2.24, 2.45) is 17.6 Å². The highest BCUT2D eigenvalue weighted by molar-refractivity contribution is 7.88. The van der Waals surface area contributed by atoms with Crippen molar-refractivity contribution in [2.75, 3.05) is 13.1 Å². The van der Waals surface area contributed by atoms with Gasteiger partial charge in [0.15, 0.2) is 0 Å². The topological polar surface area (TPSA) is 80.5 Å². The smallest absolute Gasteiger partial charge is 0.222 e. The molecule has 2 atom stereocenters. The molecule has 1 aromatic rings. The molecule has 0 aliphatic carbocycles. The highest BCUT2D eigenvalue weighted by Crippen LogP contribution is 2.27. The molecule has 1 aromatic carbocycles. The van der Waals surface area contributed by atoms with E-state index in [1.54, 1.807) is 6.92 Å². The first-order valence-corrected chi connectivity index (χ1v) is 8.40. The van der Waals surface area contributed by atoms with Gasteiger partial charge in [-0.2, -0.15) is 0 Å². The number of primary amides is 1. The summed E-state index contributed by atoms with van der Waals surface area (Å²) in [6, 6.07) is 3.78. The maximum atomic E-state index is 13.7. The molecule has 1 amide bonds. The van der Waals surface area contributed by atoms with E-state index in [1.165, 1.54) is 16.4 Å². The number of hydrogen-bond donors (Lipinski definition) is 1. The fourth-order valence-corrected chi connectivity index (χ4v) is 4.30. The largest absolute Gasteiger partial charge is 0.369 e. The van der Waals surface area contributed by atoms with Crippen LogP contribution >= 0.6 is 11.6 Å². The van der Waals surface area contributed by atoms with Gasteiger partial charge in [0, 0.05) is 23.7 Å². The van der Waals surface area contributed by atoms with Gasteiger partial charge in [-0.15, -0.1) is 0 Å². The molecule has 0 saturated carbocycles. The first kappa shape index (κ1) is 16.2. The Morgan fingerprint density at radius 3 is 2.71 bits per heavy atom. The predicted octanol–water partition coefficient (Wildman–Crippen LogP) is 1.36. The Morgan fingerprint density at radius 2 is 2.14 bits per heavy atom. The van der Waals surface area contributed by atoms with Gasteiger partial charge >= 0.3 is 0 Å². The zero-order valence-electron chi connectivity index (χ0n) is 11.4. The predicted molar refractivity (Wildman–Crippen MR) is 77.5 cm³/mol. The molecule has 1 fully saturated rings. The van der Waals surface area contributed by atoms with Gasteiger partial charge in [-0.25, -0.2) is 17.1 Å². The molecule has 116 valence electrons. The Morgan fingerprint density at radius 1 is 1.48 bits per heavy atom. The fraction of sp³-hybridized carbons (Fsp3) is 0.462. The van der Waals surface area contributed by atoms with E-state index < -0.39 is 33.4 Å². The maximum Gasteiger partial charge on any atom is 0.222 e. The van der Waals surface area contributed by atoms with Gasteiger partial charge in [0.25, 0.3) is 0 Å². The lowest BCUT2D eigenvalue weighted by molar-refractivity contribution is -0.122. The first-order valence-electron chi connectivity index (χ1n) is 6.42. The summed E-state index contributed by atoms with van der Waals surface area (Å²) >= 11 is 5.76. The highest BCUT2D eigenvalue weighted by Gasteiger charge is 2.39. The van der Waals surface area contributed by atoms with Crippen molar-refractivity contribution in [1.82, 2.24) is 4.31 Å². The average molecular weight is 335 g/mol. The SMILES string of the molecule is C[C@@H]1CN(S(=O)(=O)Cc2cc(Cl)ccc2F)C[C@H]1C(N)=O. The summed E-state index contributed by atoms with van der Waals surface area (Å²) in [5, 5.41) is 0.270. The lowest BCUT2D eigenvalue weighted by Gasteiger charge is -2.16. The van der Waals surface area contributed by atoms with Crippen molar-refractivity contribution in [2.45, 2.75) is 12.7 Å². The molecule has 0 spiro atoms. The van der Waals surface area contributed by atoms with E-state index in [-0.39, 0.29) is 29.6 Å². The van der Waals surface area contributed by atoms with Crippen LogP contribution in [0.4, 0.5) is 4.39 Å². The lowest BCUT2D eigenvalue weighted by atomic mass is 9.98. The Hall–Kier alpha value is -1.18. The van der Waals surface area contributed by atoms with Crippen LogP contribution in [0.15, 0.2) is 18.2 Å². The third-order valence-electron chi connectivity index (χ3n) is 3.68. The molecule has 2 N–H and O–H groups in total. The summed E-state index contributed by atoms with van der Waals surface area (Å²) in [7, 11) is -3.72. The average Bonchev–Trinajstić information content (AvgIpc) is 2.77. The Labute approximate surface area is 127 Å². The molecule has 1 aliphatic rings. The molecule has 0 bridgehead atoms. The molecule has 2 rings (SSSR count). The molecule has 21 heavy (non-hydrogen) atoms. The van der Waals surface area contributed by atoms with Gasteiger partial charge in [0.1, 0.15) is 5.82 Å². The minimum atomic E-state index is -3.72. The van der Waals surface area contributed by atoms with Crippen molar-refractivity contribution in [3.63, 3.8) is 0 Å². The summed E-state index contributed by atoms with van der Waals surface area (Å²) < 4.78 is 39.5. The van der Waals surface area contributed by atoms with Crippen molar-refractivity contribution < 1.29 is 17.6 Å². The van der Waals surface area contributed by atoms with Crippen molar-refractivity contribution >= 4 is 27.5 Å². The molecule has 0 radical (unpaired) electrons. The zero-order chi connectivity index (χ0) is 15.8. The van der Waals surface area contributed by atoms with Crippen LogP contribution in [-0.4, -0.2) is 31.7 Å². The molecule has 1 aliphatic heterocycles. The van der Waals surface area contributed by atoms with Gasteiger partial charge in [-0.1, -0.05) is 18.5 Å². The summed E-state index contributed by atoms with van der Waals surface area (Å²) in [4.78, 5) is 11.3. The van der Waals surface area contributed by atoms with Crippen molar-refractivity contribution in [1.29, 1.82) is 0 Å². The van der Waals surface area contributed by atoms with E-state index in [2.05, 4.69) is 0 Å². The molecule has 5 nitrogen and oxygen atoms in total. The van der Waals surface area contributed by atoms with E-state index in [9.17, 15) is 17.6 Å². The number of hydrogen-bond acceptors (Lipinski definition) is 3. The second-order valence-corrected chi connectivity index (χ2v) is 7.70. The number of carbonyl (C=O) groups excluding carboxylic acids is 1. The number of amides is 1. The van der Waals surface area contributed by atoms with E-state index in [0.717, 1.165) is 6.07 Å². The number of carbonyl (C=O) groups is 1. The number of sulfonamides is 1. The maximum absolute atomic E-state index is 13.7. The van der Waals surface area contributed by atoms with Crippen molar-refractivity contribution in [3.05, 3.63) is 34.6 Å². The number of rotatable bonds is 4. The molecule has 1 saturated heterocycles. The summed E-state index contributed by atoms with van der Waals surface area (Å²) in [6.07, 6.45) is 0. The first-order chi connectivity index (χ1) is 9.70. The lowest BCUT2D eigenvalue weighted by Crippen LogP contribution is -2.32. The van der Waals surface area contributed by atoms with Crippen LogP contribution in [0, 0.1) is 17.7 Å². The highest BCUT2D eigenvalue weighted by atomic mass is 35.5. The summed E-state index contributed by atoms with van der Waals surface area (Å²) in [5.74, 6) is -2.29. The van der Waals surface area contributed by atoms with Gasteiger partial charge in [0.2, 0.25) is 15.9 Å². The monoisotopic (exact) mass is 334 g/mol. The van der Waals surface area contributed by atoms with Gasteiger partial charge in [0.05, 0.1) is 11.7 Å². The number of nitrogens with two attached hydrogens (primary N) is 1. The molecule has 8 heteroatoms. The molecular weight excluding hydrogens is 319 g/mol. The van der Waals surface area contributed by atoms with Crippen LogP contribution in [0.1, 0.15) is 12.5 Å². The third kappa shape index (κ3) is 3.53. The Bertz CT molecular complexity index is 665. The molecule has 1 heterocycles. The standard InChI is InChI=1S/C13H16ClFN2O3S/c1-8-5-17(6-11(8)13(16)18)21(19,20)7-9-4-10(14)2-3-12(9)15/h2-4,8,11H,5-7H2,1H3,(H2,16,18)/t8-,11-/m1/s1. The second kappa shape index (κ2) is 5.90. The quantitative estimate of drug-likeness (QED) is 0.902. The Balaban J connectivity index is 2.20. The summed E-state index contributed by atoms with van der Waals surface area (Å²) in [6.45, 7) is 2.02. The number of nitrogens with zero attached hydrogens (tertiary/aromatic N) is 1. The van der Waals surface area contributed by atoms with Crippen molar-refractivity contribution in [3.8, 4) is 0 Å². The Kier molecular flexibility index (Phi) is 4.55. The minimum absolute atomic E-state index is 0.0117. The minimum Gasteiger partial charge on any atom is -0.369 e. The van der Waals surface area contributed by atoms with E-state index >= 15 is 0 Å². The van der Waals surface area contributed by atoms with Crippen LogP contribution in [0.5, 0.6) is 0 Å². The summed E-state index contributed by atoms with van der Waals surface area (Å²) in [5.41, 5.74) is 5.26. The fourth-order valence-electron chi connectivity index (χ4n) is 2.46. The third-order valence-corrected chi connectivity index (χ3v) is 5.68. The number of halogens is 2. The van der Waals surface area contributed by atoms with Crippen LogP contribution in [0.25, 0.3) is 0 Å². The van der Waals surface area contributed by atoms with Gasteiger partial charge in [-0.05, 0) is 24.1 Å². The molecule has 0 unspecified atom stereocenters. The molecule has 0 aromatic heterocycles. The van der Waals surface area contributed by atoms with Crippen LogP contribution in [0.2, 0.25) is 5.02 Å². The van der Waals surface area contributed by atoms with Gasteiger partial charge in [-0.3, -0.25) is 4.79 Å². The normalized spacial score (nSPS) is 23.4. The van der Waals surface area contributed by atoms with E-state index in [4.69, 9.17) is 17.3 Å². The van der Waals surface area contributed by atoms with Gasteiger partial charge < -0.3 is 5.73 Å². The van der Waals surface area contributed by atoms with Crippen LogP contribution in [-0.2, 0) is 20.6 Å². The molecular formula is C13H16ClFN2O3S. The van der Waals surface area contributed by atoms with Crippen LogP contribution < -0.4 is 5.73 Å². The van der Waals surface area contributed by atoms with Crippen LogP contribution in [0.3, 0.4) is 0 Å². The second-order valence-electron chi connectivity index (χ2n) is 5.30. The number of benzene rings is 1. The zero-order valence-corrected chi connectivity index (χ0v) is 13.0.